The lowest BCUT2D eigenvalue weighted by Crippen LogP contribution is -2.35. The Morgan fingerprint density at radius 2 is 1.90 bits per heavy atom. The predicted molar refractivity (Wildman–Crippen MR) is 82.1 cm³/mol. The van der Waals surface area contributed by atoms with Gasteiger partial charge in [0, 0.05) is 6.54 Å². The van der Waals surface area contributed by atoms with Crippen molar-refractivity contribution in [1.29, 1.82) is 0 Å². The first-order chi connectivity index (χ1) is 9.76. The molecule has 0 spiro atoms. The van der Waals surface area contributed by atoms with Crippen molar-refractivity contribution in [3.63, 3.8) is 0 Å². The number of carbonyl (C=O) groups excluding carboxylic acids is 1. The fraction of sp³-hybridized carbons (Fsp3) is 0.562. The standard InChI is InChI=1S/C16H26N2O2/c1-3-4-5-11-18-16(19)13-17-12-10-14-6-8-15(20-2)9-7-14/h6-9,17H,3-5,10-13H2,1-2H3,(H,18,19). The summed E-state index contributed by atoms with van der Waals surface area (Å²) in [5, 5.41) is 6.07. The molecule has 1 rings (SSSR count). The monoisotopic (exact) mass is 278 g/mol. The minimum atomic E-state index is 0.0795. The lowest BCUT2D eigenvalue weighted by atomic mass is 10.1. The van der Waals surface area contributed by atoms with Crippen molar-refractivity contribution in [2.24, 2.45) is 0 Å². The maximum absolute atomic E-state index is 11.5. The van der Waals surface area contributed by atoms with Crippen molar-refractivity contribution < 1.29 is 9.53 Å². The first-order valence-electron chi connectivity index (χ1n) is 7.36. The van der Waals surface area contributed by atoms with Crippen LogP contribution in [0.4, 0.5) is 0 Å². The molecule has 4 heteroatoms. The summed E-state index contributed by atoms with van der Waals surface area (Å²) in [5.74, 6) is 0.948. The number of benzene rings is 1. The minimum absolute atomic E-state index is 0.0795. The highest BCUT2D eigenvalue weighted by Crippen LogP contribution is 2.11. The molecule has 1 amide bonds. The van der Waals surface area contributed by atoms with Crippen LogP contribution in [0.1, 0.15) is 31.7 Å². The molecule has 0 fully saturated rings. The quantitative estimate of drug-likeness (QED) is 0.645. The Bertz CT molecular complexity index is 377. The van der Waals surface area contributed by atoms with Crippen LogP contribution in [0.2, 0.25) is 0 Å². The van der Waals surface area contributed by atoms with Crippen molar-refractivity contribution >= 4 is 5.91 Å². The molecule has 0 heterocycles. The van der Waals surface area contributed by atoms with Crippen molar-refractivity contribution in [2.45, 2.75) is 32.6 Å². The number of carbonyl (C=O) groups is 1. The molecule has 0 aromatic heterocycles. The second-order valence-electron chi connectivity index (χ2n) is 4.83. The van der Waals surface area contributed by atoms with Gasteiger partial charge in [-0.2, -0.15) is 0 Å². The van der Waals surface area contributed by atoms with Gasteiger partial charge in [0.2, 0.25) is 5.91 Å². The van der Waals surface area contributed by atoms with Gasteiger partial charge in [-0.1, -0.05) is 31.9 Å². The van der Waals surface area contributed by atoms with Crippen LogP contribution in [-0.4, -0.2) is 32.7 Å². The number of amides is 1. The lowest BCUT2D eigenvalue weighted by molar-refractivity contribution is -0.120. The summed E-state index contributed by atoms with van der Waals surface area (Å²) >= 11 is 0. The summed E-state index contributed by atoms with van der Waals surface area (Å²) < 4.78 is 5.11. The number of unbranched alkanes of at least 4 members (excludes halogenated alkanes) is 2. The van der Waals surface area contributed by atoms with Crippen LogP contribution in [0.5, 0.6) is 5.75 Å². The Kier molecular flexibility index (Phi) is 8.47. The van der Waals surface area contributed by atoms with E-state index in [-0.39, 0.29) is 5.91 Å². The van der Waals surface area contributed by atoms with Gasteiger partial charge in [-0.05, 0) is 37.1 Å². The summed E-state index contributed by atoms with van der Waals surface area (Å²) in [4.78, 5) is 11.5. The first kappa shape index (κ1) is 16.5. The molecule has 0 saturated carbocycles. The molecule has 20 heavy (non-hydrogen) atoms. The Morgan fingerprint density at radius 1 is 1.15 bits per heavy atom. The fourth-order valence-electron chi connectivity index (χ4n) is 1.89. The van der Waals surface area contributed by atoms with Crippen molar-refractivity contribution in [2.75, 3.05) is 26.7 Å². The third-order valence-corrected chi connectivity index (χ3v) is 3.14. The molecule has 0 aliphatic carbocycles. The highest BCUT2D eigenvalue weighted by Gasteiger charge is 2.00. The van der Waals surface area contributed by atoms with Crippen LogP contribution in [0.3, 0.4) is 0 Å². The molecule has 0 aliphatic rings. The van der Waals surface area contributed by atoms with E-state index < -0.39 is 0 Å². The average Bonchev–Trinajstić information content (AvgIpc) is 2.49. The van der Waals surface area contributed by atoms with Crippen LogP contribution in [0.25, 0.3) is 0 Å². The number of ether oxygens (including phenoxy) is 1. The molecule has 1 aromatic carbocycles. The van der Waals surface area contributed by atoms with Gasteiger partial charge < -0.3 is 15.4 Å². The van der Waals surface area contributed by atoms with Crippen molar-refractivity contribution in [1.82, 2.24) is 10.6 Å². The molecule has 0 saturated heterocycles. The number of hydrogen-bond acceptors (Lipinski definition) is 3. The van der Waals surface area contributed by atoms with E-state index >= 15 is 0 Å². The van der Waals surface area contributed by atoms with Gasteiger partial charge in [-0.15, -0.1) is 0 Å². The van der Waals surface area contributed by atoms with Crippen LogP contribution >= 0.6 is 0 Å². The van der Waals surface area contributed by atoms with Gasteiger partial charge in [-0.3, -0.25) is 4.79 Å². The minimum Gasteiger partial charge on any atom is -0.497 e. The molecule has 112 valence electrons. The largest absolute Gasteiger partial charge is 0.497 e. The van der Waals surface area contributed by atoms with Crippen molar-refractivity contribution in [3.05, 3.63) is 29.8 Å². The summed E-state index contributed by atoms with van der Waals surface area (Å²) in [6.07, 6.45) is 4.32. The topological polar surface area (TPSA) is 50.4 Å². The van der Waals surface area contributed by atoms with E-state index in [1.165, 1.54) is 18.4 Å². The average molecular weight is 278 g/mol. The Labute approximate surface area is 121 Å². The second kappa shape index (κ2) is 10.3. The van der Waals surface area contributed by atoms with E-state index in [4.69, 9.17) is 4.74 Å². The molecule has 0 bridgehead atoms. The first-order valence-corrected chi connectivity index (χ1v) is 7.36. The summed E-state index contributed by atoms with van der Waals surface area (Å²) in [7, 11) is 1.66. The molecule has 0 aliphatic heterocycles. The van der Waals surface area contributed by atoms with Gasteiger partial charge >= 0.3 is 0 Å². The van der Waals surface area contributed by atoms with Crippen LogP contribution in [0.15, 0.2) is 24.3 Å². The van der Waals surface area contributed by atoms with E-state index in [1.54, 1.807) is 7.11 Å². The third-order valence-electron chi connectivity index (χ3n) is 3.14. The zero-order valence-corrected chi connectivity index (χ0v) is 12.6. The molecule has 2 N–H and O–H groups in total. The van der Waals surface area contributed by atoms with Crippen LogP contribution < -0.4 is 15.4 Å². The molecular weight excluding hydrogens is 252 g/mol. The van der Waals surface area contributed by atoms with Gasteiger partial charge in [-0.25, -0.2) is 0 Å². The molecule has 0 atom stereocenters. The SMILES string of the molecule is CCCCCNC(=O)CNCCc1ccc(OC)cc1. The van der Waals surface area contributed by atoms with E-state index in [1.807, 2.05) is 24.3 Å². The highest BCUT2D eigenvalue weighted by atomic mass is 16.5. The van der Waals surface area contributed by atoms with E-state index in [0.29, 0.717) is 6.54 Å². The van der Waals surface area contributed by atoms with Gasteiger partial charge in [0.05, 0.1) is 13.7 Å². The molecule has 0 unspecified atom stereocenters. The fourth-order valence-corrected chi connectivity index (χ4v) is 1.89. The van der Waals surface area contributed by atoms with Crippen LogP contribution in [-0.2, 0) is 11.2 Å². The lowest BCUT2D eigenvalue weighted by Gasteiger charge is -2.07. The number of methoxy groups -OCH3 is 1. The smallest absolute Gasteiger partial charge is 0.233 e. The summed E-state index contributed by atoms with van der Waals surface area (Å²) in [6.45, 7) is 4.13. The van der Waals surface area contributed by atoms with E-state index in [2.05, 4.69) is 17.6 Å². The Hall–Kier alpha value is -1.55. The Balaban J connectivity index is 2.07. The highest BCUT2D eigenvalue weighted by molar-refractivity contribution is 5.77. The zero-order valence-electron chi connectivity index (χ0n) is 12.6. The van der Waals surface area contributed by atoms with Crippen molar-refractivity contribution in [3.8, 4) is 5.75 Å². The normalized spacial score (nSPS) is 10.3. The van der Waals surface area contributed by atoms with Gasteiger partial charge in [0.25, 0.3) is 0 Å². The number of nitrogens with one attached hydrogen (secondary N) is 2. The van der Waals surface area contributed by atoms with E-state index in [0.717, 1.165) is 31.7 Å². The summed E-state index contributed by atoms with van der Waals surface area (Å²) in [5.41, 5.74) is 1.24. The number of rotatable bonds is 10. The maximum Gasteiger partial charge on any atom is 0.233 e. The third kappa shape index (κ3) is 7.14. The Morgan fingerprint density at radius 3 is 2.55 bits per heavy atom. The second-order valence-corrected chi connectivity index (χ2v) is 4.83. The van der Waals surface area contributed by atoms with Crippen LogP contribution in [0, 0.1) is 0 Å². The zero-order chi connectivity index (χ0) is 14.6. The molecule has 1 aromatic rings. The predicted octanol–water partition coefficient (Wildman–Crippen LogP) is 2.13. The molecule has 4 nitrogen and oxygen atoms in total. The molecular formula is C16H26N2O2. The molecule has 0 radical (unpaired) electrons. The van der Waals surface area contributed by atoms with Gasteiger partial charge in [0.1, 0.15) is 5.75 Å². The maximum atomic E-state index is 11.5. The number of hydrogen-bond donors (Lipinski definition) is 2. The van der Waals surface area contributed by atoms with Gasteiger partial charge in [0.15, 0.2) is 0 Å². The van der Waals surface area contributed by atoms with E-state index in [9.17, 15) is 4.79 Å². The summed E-state index contributed by atoms with van der Waals surface area (Å²) in [6, 6.07) is 8.00.